The molecule has 0 aliphatic carbocycles. The minimum atomic E-state index is -0.514. The largest absolute Gasteiger partial charge is 0.457 e. The number of furan rings is 1. The van der Waals surface area contributed by atoms with E-state index < -0.39 is 5.91 Å². The Morgan fingerprint density at radius 3 is 2.61 bits per heavy atom. The van der Waals surface area contributed by atoms with Crippen molar-refractivity contribution in [3.8, 4) is 11.3 Å². The highest BCUT2D eigenvalue weighted by Gasteiger charge is 2.35. The molecule has 0 fully saturated rings. The monoisotopic (exact) mass is 430 g/mol. The van der Waals surface area contributed by atoms with Crippen molar-refractivity contribution in [2.75, 3.05) is 0 Å². The Bertz CT molecular complexity index is 1280. The summed E-state index contributed by atoms with van der Waals surface area (Å²) in [4.78, 5) is 16.7. The van der Waals surface area contributed by atoms with E-state index in [2.05, 4.69) is 10.1 Å². The lowest BCUT2D eigenvalue weighted by atomic mass is 10.1. The van der Waals surface area contributed by atoms with Crippen LogP contribution in [0.2, 0.25) is 0 Å². The molecule has 1 aromatic heterocycles. The SMILES string of the molecule is N=C1/C(=C/c2ccc(-c3ccc(F)cc3)o2)C(=O)N=C2SC(Cc3ccccc3)=NN12. The average molecular weight is 430 g/mol. The van der Waals surface area contributed by atoms with Crippen LogP contribution in [-0.2, 0) is 11.2 Å². The van der Waals surface area contributed by atoms with Crippen molar-refractivity contribution in [1.29, 1.82) is 5.41 Å². The number of hydrogen-bond acceptors (Lipinski definition) is 5. The van der Waals surface area contributed by atoms with E-state index in [0.29, 0.717) is 28.7 Å². The first-order valence-corrected chi connectivity index (χ1v) is 10.3. The fraction of sp³-hybridized carbons (Fsp3) is 0.0435. The second-order valence-corrected chi connectivity index (χ2v) is 7.93. The molecular formula is C23H15FN4O2S. The molecule has 0 spiro atoms. The van der Waals surface area contributed by atoms with Crippen LogP contribution in [0.4, 0.5) is 4.39 Å². The molecule has 2 aliphatic rings. The van der Waals surface area contributed by atoms with Gasteiger partial charge in [0.2, 0.25) is 5.17 Å². The molecule has 0 saturated heterocycles. The molecule has 3 aromatic rings. The minimum absolute atomic E-state index is 0.0507. The maximum Gasteiger partial charge on any atom is 0.283 e. The lowest BCUT2D eigenvalue weighted by Gasteiger charge is -2.19. The summed E-state index contributed by atoms with van der Waals surface area (Å²) in [7, 11) is 0. The normalized spacial score (nSPS) is 17.1. The van der Waals surface area contributed by atoms with Crippen molar-refractivity contribution in [3.63, 3.8) is 0 Å². The van der Waals surface area contributed by atoms with E-state index in [0.717, 1.165) is 10.6 Å². The lowest BCUT2D eigenvalue weighted by Crippen LogP contribution is -2.35. The predicted molar refractivity (Wildman–Crippen MR) is 119 cm³/mol. The van der Waals surface area contributed by atoms with Crippen LogP contribution < -0.4 is 0 Å². The molecule has 152 valence electrons. The molecule has 8 heteroatoms. The van der Waals surface area contributed by atoms with Crippen LogP contribution in [0.1, 0.15) is 11.3 Å². The first-order chi connectivity index (χ1) is 15.1. The molecular weight excluding hydrogens is 415 g/mol. The number of rotatable bonds is 4. The molecule has 0 radical (unpaired) electrons. The summed E-state index contributed by atoms with van der Waals surface area (Å²) in [5.74, 6) is 0.0327. The van der Waals surface area contributed by atoms with E-state index in [4.69, 9.17) is 9.83 Å². The lowest BCUT2D eigenvalue weighted by molar-refractivity contribution is -0.114. The number of carbonyl (C=O) groups excluding carboxylic acids is 1. The maximum atomic E-state index is 13.1. The van der Waals surface area contributed by atoms with Gasteiger partial charge in [0, 0.05) is 12.0 Å². The van der Waals surface area contributed by atoms with Gasteiger partial charge in [0.05, 0.1) is 5.57 Å². The molecule has 0 bridgehead atoms. The van der Waals surface area contributed by atoms with E-state index in [1.54, 1.807) is 24.3 Å². The number of hydrogen-bond donors (Lipinski definition) is 1. The Kier molecular flexibility index (Phi) is 4.83. The number of aliphatic imine (C=N–C) groups is 1. The predicted octanol–water partition coefficient (Wildman–Crippen LogP) is 4.95. The van der Waals surface area contributed by atoms with Crippen LogP contribution in [0.25, 0.3) is 17.4 Å². The zero-order chi connectivity index (χ0) is 21.4. The molecule has 5 rings (SSSR count). The Morgan fingerprint density at radius 2 is 1.84 bits per heavy atom. The average Bonchev–Trinajstić information content (AvgIpc) is 3.39. The third-order valence-corrected chi connectivity index (χ3v) is 5.65. The fourth-order valence-corrected chi connectivity index (χ4v) is 4.13. The molecule has 6 nitrogen and oxygen atoms in total. The molecule has 3 heterocycles. The van der Waals surface area contributed by atoms with E-state index in [9.17, 15) is 9.18 Å². The number of benzene rings is 2. The number of hydrazone groups is 1. The van der Waals surface area contributed by atoms with E-state index in [1.165, 1.54) is 35.0 Å². The summed E-state index contributed by atoms with van der Waals surface area (Å²) in [6.45, 7) is 0. The number of fused-ring (bicyclic) bond motifs is 1. The van der Waals surface area contributed by atoms with E-state index in [1.807, 2.05) is 30.3 Å². The molecule has 0 atom stereocenters. The molecule has 1 amide bonds. The Labute approximate surface area is 181 Å². The van der Waals surface area contributed by atoms with Crippen LogP contribution >= 0.6 is 11.8 Å². The zero-order valence-corrected chi connectivity index (χ0v) is 16.9. The number of amides is 1. The first kappa shape index (κ1) is 19.2. The molecule has 31 heavy (non-hydrogen) atoms. The standard InChI is InChI=1S/C23H15FN4O2S/c24-16-8-6-15(7-9-16)19-11-10-17(30-19)13-18-21(25)28-23(26-22(18)29)31-20(27-28)12-14-4-2-1-3-5-14/h1-11,13,25H,12H2/b18-13-,25-21?. The van der Waals surface area contributed by atoms with Gasteiger partial charge in [-0.05, 0) is 59.8 Å². The number of nitrogens with one attached hydrogen (secondary N) is 1. The van der Waals surface area contributed by atoms with Crippen molar-refractivity contribution >= 4 is 39.8 Å². The fourth-order valence-electron chi connectivity index (χ4n) is 3.22. The van der Waals surface area contributed by atoms with Gasteiger partial charge >= 0.3 is 0 Å². The van der Waals surface area contributed by atoms with Crippen LogP contribution in [0.3, 0.4) is 0 Å². The van der Waals surface area contributed by atoms with Crippen molar-refractivity contribution in [2.45, 2.75) is 6.42 Å². The second-order valence-electron chi connectivity index (χ2n) is 6.89. The first-order valence-electron chi connectivity index (χ1n) is 9.45. The van der Waals surface area contributed by atoms with Gasteiger partial charge in [-0.1, -0.05) is 30.3 Å². The van der Waals surface area contributed by atoms with Gasteiger partial charge in [0.1, 0.15) is 22.4 Å². The van der Waals surface area contributed by atoms with Gasteiger partial charge in [-0.3, -0.25) is 10.2 Å². The highest BCUT2D eigenvalue weighted by Crippen LogP contribution is 2.30. The quantitative estimate of drug-likeness (QED) is 0.594. The highest BCUT2D eigenvalue weighted by molar-refractivity contribution is 8.26. The van der Waals surface area contributed by atoms with Crippen LogP contribution in [0.5, 0.6) is 0 Å². The van der Waals surface area contributed by atoms with Crippen molar-refractivity contribution in [3.05, 3.63) is 89.4 Å². The Balaban J connectivity index is 1.39. The van der Waals surface area contributed by atoms with Crippen LogP contribution in [0.15, 0.2) is 86.8 Å². The molecule has 2 aromatic carbocycles. The molecule has 1 N–H and O–H groups in total. The summed E-state index contributed by atoms with van der Waals surface area (Å²) >= 11 is 1.29. The second kappa shape index (κ2) is 7.81. The van der Waals surface area contributed by atoms with Crippen molar-refractivity contribution < 1.29 is 13.6 Å². The maximum absolute atomic E-state index is 13.1. The zero-order valence-electron chi connectivity index (χ0n) is 16.1. The van der Waals surface area contributed by atoms with E-state index in [-0.39, 0.29) is 17.2 Å². The van der Waals surface area contributed by atoms with Crippen LogP contribution in [-0.4, -0.2) is 27.0 Å². The van der Waals surface area contributed by atoms with Gasteiger partial charge in [0.15, 0.2) is 5.84 Å². The van der Waals surface area contributed by atoms with E-state index >= 15 is 0 Å². The summed E-state index contributed by atoms with van der Waals surface area (Å²) in [6.07, 6.45) is 2.08. The number of amidine groups is 2. The molecule has 0 saturated carbocycles. The van der Waals surface area contributed by atoms with Crippen LogP contribution in [0, 0.1) is 11.2 Å². The van der Waals surface area contributed by atoms with Gasteiger partial charge in [-0.25, -0.2) is 4.39 Å². The third kappa shape index (κ3) is 3.85. The summed E-state index contributed by atoms with van der Waals surface area (Å²) in [5.41, 5.74) is 1.89. The molecule has 2 aliphatic heterocycles. The van der Waals surface area contributed by atoms with Gasteiger partial charge in [-0.2, -0.15) is 15.1 Å². The number of carbonyl (C=O) groups is 1. The summed E-state index contributed by atoms with van der Waals surface area (Å²) in [6, 6.07) is 19.2. The minimum Gasteiger partial charge on any atom is -0.457 e. The van der Waals surface area contributed by atoms with Crippen molar-refractivity contribution in [1.82, 2.24) is 5.01 Å². The number of halogens is 1. The number of thioether (sulfide) groups is 1. The van der Waals surface area contributed by atoms with Crippen molar-refractivity contribution in [2.24, 2.45) is 10.1 Å². The topological polar surface area (TPSA) is 82.0 Å². The molecule has 0 unspecified atom stereocenters. The summed E-state index contributed by atoms with van der Waals surface area (Å²) < 4.78 is 18.9. The third-order valence-electron chi connectivity index (χ3n) is 4.74. The highest BCUT2D eigenvalue weighted by atomic mass is 32.2. The Morgan fingerprint density at radius 1 is 1.06 bits per heavy atom. The number of nitrogens with zero attached hydrogens (tertiary/aromatic N) is 3. The van der Waals surface area contributed by atoms with Gasteiger partial charge < -0.3 is 4.42 Å². The van der Waals surface area contributed by atoms with Gasteiger partial charge in [-0.15, -0.1) is 0 Å². The summed E-state index contributed by atoms with van der Waals surface area (Å²) in [5, 5.41) is 15.5. The van der Waals surface area contributed by atoms with Gasteiger partial charge in [0.25, 0.3) is 5.91 Å². The smallest absolute Gasteiger partial charge is 0.283 e. The Hall–Kier alpha value is -3.78.